The van der Waals surface area contributed by atoms with Gasteiger partial charge in [-0.3, -0.25) is 0 Å². The fourth-order valence-corrected chi connectivity index (χ4v) is 2.31. The minimum absolute atomic E-state index is 0.739. The van der Waals surface area contributed by atoms with Crippen molar-refractivity contribution in [1.82, 2.24) is 10.6 Å². The van der Waals surface area contributed by atoms with Crippen LogP contribution in [0.25, 0.3) is 0 Å². The molecular formula is C14H25N3OS. The first-order valence-electron chi connectivity index (χ1n) is 6.89. The van der Waals surface area contributed by atoms with Gasteiger partial charge in [-0.2, -0.15) is 11.3 Å². The number of hydrogen-bond donors (Lipinski definition) is 2. The lowest BCUT2D eigenvalue weighted by Crippen LogP contribution is -2.37. The number of hydrogen-bond acceptors (Lipinski definition) is 3. The van der Waals surface area contributed by atoms with Crippen LogP contribution in [0.2, 0.25) is 0 Å². The van der Waals surface area contributed by atoms with Crippen LogP contribution in [-0.2, 0) is 11.3 Å². The van der Waals surface area contributed by atoms with E-state index in [0.29, 0.717) is 0 Å². The molecule has 0 aliphatic carbocycles. The molecule has 0 unspecified atom stereocenters. The van der Waals surface area contributed by atoms with Crippen LogP contribution >= 0.6 is 11.3 Å². The summed E-state index contributed by atoms with van der Waals surface area (Å²) in [5.41, 5.74) is 1.27. The lowest BCUT2D eigenvalue weighted by atomic mass is 10.2. The highest BCUT2D eigenvalue weighted by atomic mass is 32.1. The van der Waals surface area contributed by atoms with E-state index in [1.807, 2.05) is 0 Å². The van der Waals surface area contributed by atoms with Gasteiger partial charge in [0.25, 0.3) is 0 Å². The van der Waals surface area contributed by atoms with Crippen molar-refractivity contribution >= 4 is 17.3 Å². The first-order chi connectivity index (χ1) is 9.36. The van der Waals surface area contributed by atoms with Gasteiger partial charge >= 0.3 is 0 Å². The summed E-state index contributed by atoms with van der Waals surface area (Å²) in [6.45, 7) is 5.52. The number of ether oxygens (including phenoxy) is 1. The van der Waals surface area contributed by atoms with Crippen molar-refractivity contribution in [3.63, 3.8) is 0 Å². The average Bonchev–Trinajstić information content (AvgIpc) is 2.93. The molecule has 0 aliphatic rings. The van der Waals surface area contributed by atoms with Gasteiger partial charge < -0.3 is 15.4 Å². The van der Waals surface area contributed by atoms with Crippen molar-refractivity contribution in [2.24, 2.45) is 4.99 Å². The normalized spacial score (nSPS) is 11.6. The van der Waals surface area contributed by atoms with E-state index < -0.39 is 0 Å². The summed E-state index contributed by atoms with van der Waals surface area (Å²) in [7, 11) is 1.75. The molecule has 1 heterocycles. The Balaban J connectivity index is 2.21. The number of methoxy groups -OCH3 is 1. The molecule has 0 spiro atoms. The van der Waals surface area contributed by atoms with Crippen LogP contribution in [0.1, 0.15) is 31.7 Å². The Hall–Kier alpha value is -1.07. The molecule has 19 heavy (non-hydrogen) atoms. The quantitative estimate of drug-likeness (QED) is 0.416. The average molecular weight is 283 g/mol. The second kappa shape index (κ2) is 10.8. The van der Waals surface area contributed by atoms with Gasteiger partial charge in [0.05, 0.1) is 6.54 Å². The van der Waals surface area contributed by atoms with Gasteiger partial charge in [-0.15, -0.1) is 0 Å². The summed E-state index contributed by atoms with van der Waals surface area (Å²) >= 11 is 1.71. The van der Waals surface area contributed by atoms with Crippen LogP contribution in [0.15, 0.2) is 21.8 Å². The summed E-state index contributed by atoms with van der Waals surface area (Å²) in [6.07, 6.45) is 3.46. The molecule has 0 atom stereocenters. The van der Waals surface area contributed by atoms with Crippen LogP contribution in [0.4, 0.5) is 0 Å². The molecule has 0 saturated carbocycles. The van der Waals surface area contributed by atoms with Crippen molar-refractivity contribution in [3.05, 3.63) is 22.4 Å². The topological polar surface area (TPSA) is 45.7 Å². The largest absolute Gasteiger partial charge is 0.385 e. The minimum atomic E-state index is 0.739. The molecular weight excluding hydrogens is 258 g/mol. The number of nitrogens with zero attached hydrogens (tertiary/aromatic N) is 1. The predicted octanol–water partition coefficient (Wildman–Crippen LogP) is 2.62. The number of aliphatic imine (C=N–C) groups is 1. The molecule has 108 valence electrons. The molecule has 0 aliphatic heterocycles. The summed E-state index contributed by atoms with van der Waals surface area (Å²) in [6, 6.07) is 2.11. The van der Waals surface area contributed by atoms with Gasteiger partial charge in [0.15, 0.2) is 5.96 Å². The Morgan fingerprint density at radius 1 is 1.32 bits per heavy atom. The lowest BCUT2D eigenvalue weighted by Gasteiger charge is -2.10. The summed E-state index contributed by atoms with van der Waals surface area (Å²) in [4.78, 5) is 4.57. The molecule has 0 radical (unpaired) electrons. The molecule has 1 rings (SSSR count). The van der Waals surface area contributed by atoms with Gasteiger partial charge in [0, 0.05) is 26.8 Å². The maximum Gasteiger partial charge on any atom is 0.191 e. The first kappa shape index (κ1) is 16.0. The number of guanidine groups is 1. The first-order valence-corrected chi connectivity index (χ1v) is 7.83. The Labute approximate surface area is 120 Å². The van der Waals surface area contributed by atoms with E-state index >= 15 is 0 Å². The molecule has 1 aromatic rings. The van der Waals surface area contributed by atoms with Gasteiger partial charge in [-0.25, -0.2) is 4.99 Å². The molecule has 0 amide bonds. The maximum absolute atomic E-state index is 5.03. The molecule has 0 fully saturated rings. The fourth-order valence-electron chi connectivity index (χ4n) is 1.65. The monoisotopic (exact) mass is 283 g/mol. The number of unbranched alkanes of at least 4 members (excludes halogenated alkanes) is 2. The van der Waals surface area contributed by atoms with E-state index in [4.69, 9.17) is 4.74 Å². The summed E-state index contributed by atoms with van der Waals surface area (Å²) < 4.78 is 5.03. The Kier molecular flexibility index (Phi) is 9.10. The second-order valence-corrected chi connectivity index (χ2v) is 5.09. The van der Waals surface area contributed by atoms with E-state index in [2.05, 4.69) is 39.4 Å². The zero-order valence-electron chi connectivity index (χ0n) is 11.9. The standard InChI is InChI=1S/C14H25N3OS/c1-3-15-14(16-8-5-4-6-9-18-2)17-11-13-7-10-19-12-13/h7,10,12H,3-6,8-9,11H2,1-2H3,(H2,15,16,17). The Bertz CT molecular complexity index is 338. The van der Waals surface area contributed by atoms with E-state index in [9.17, 15) is 0 Å². The lowest BCUT2D eigenvalue weighted by molar-refractivity contribution is 0.192. The molecule has 0 saturated heterocycles. The van der Waals surface area contributed by atoms with Crippen molar-refractivity contribution in [2.45, 2.75) is 32.7 Å². The van der Waals surface area contributed by atoms with Gasteiger partial charge in [-0.05, 0) is 48.6 Å². The smallest absolute Gasteiger partial charge is 0.191 e. The van der Waals surface area contributed by atoms with E-state index in [0.717, 1.165) is 45.0 Å². The van der Waals surface area contributed by atoms with Gasteiger partial charge in [0.2, 0.25) is 0 Å². The number of thiophene rings is 1. The zero-order chi connectivity index (χ0) is 13.8. The molecule has 0 aromatic carbocycles. The van der Waals surface area contributed by atoms with Crippen LogP contribution in [0.3, 0.4) is 0 Å². The third-order valence-electron chi connectivity index (χ3n) is 2.66. The maximum atomic E-state index is 5.03. The molecule has 5 heteroatoms. The van der Waals surface area contributed by atoms with Crippen LogP contribution in [0, 0.1) is 0 Å². The van der Waals surface area contributed by atoms with Crippen molar-refractivity contribution in [1.29, 1.82) is 0 Å². The van der Waals surface area contributed by atoms with Crippen LogP contribution < -0.4 is 10.6 Å². The second-order valence-electron chi connectivity index (χ2n) is 4.31. The Morgan fingerprint density at radius 2 is 2.21 bits per heavy atom. The molecule has 0 bridgehead atoms. The molecule has 4 nitrogen and oxygen atoms in total. The zero-order valence-corrected chi connectivity index (χ0v) is 12.8. The van der Waals surface area contributed by atoms with E-state index in [1.165, 1.54) is 12.0 Å². The van der Waals surface area contributed by atoms with Crippen molar-refractivity contribution in [3.8, 4) is 0 Å². The van der Waals surface area contributed by atoms with Gasteiger partial charge in [0.1, 0.15) is 0 Å². The SMILES string of the molecule is CCNC(=NCc1ccsc1)NCCCCCOC. The summed E-state index contributed by atoms with van der Waals surface area (Å²) in [5.74, 6) is 0.903. The highest BCUT2D eigenvalue weighted by molar-refractivity contribution is 7.07. The highest BCUT2D eigenvalue weighted by Crippen LogP contribution is 2.06. The third kappa shape index (κ3) is 7.85. The van der Waals surface area contributed by atoms with E-state index in [-0.39, 0.29) is 0 Å². The Morgan fingerprint density at radius 3 is 2.89 bits per heavy atom. The van der Waals surface area contributed by atoms with Crippen molar-refractivity contribution < 1.29 is 4.74 Å². The molecule has 1 aromatic heterocycles. The van der Waals surface area contributed by atoms with Crippen LogP contribution in [-0.4, -0.2) is 32.8 Å². The van der Waals surface area contributed by atoms with Gasteiger partial charge in [-0.1, -0.05) is 0 Å². The minimum Gasteiger partial charge on any atom is -0.385 e. The molecule has 2 N–H and O–H groups in total. The van der Waals surface area contributed by atoms with Crippen LogP contribution in [0.5, 0.6) is 0 Å². The van der Waals surface area contributed by atoms with Crippen molar-refractivity contribution in [2.75, 3.05) is 26.8 Å². The predicted molar refractivity (Wildman–Crippen MR) is 82.9 cm³/mol. The highest BCUT2D eigenvalue weighted by Gasteiger charge is 1.97. The summed E-state index contributed by atoms with van der Waals surface area (Å²) in [5, 5.41) is 10.8. The van der Waals surface area contributed by atoms with E-state index in [1.54, 1.807) is 18.4 Å². The number of nitrogens with one attached hydrogen (secondary N) is 2. The third-order valence-corrected chi connectivity index (χ3v) is 3.39. The fraction of sp³-hybridized carbons (Fsp3) is 0.643. The number of rotatable bonds is 9.